The smallest absolute Gasteiger partial charge is 0.339 e. The van der Waals surface area contributed by atoms with Crippen LogP contribution >= 0.6 is 0 Å². The van der Waals surface area contributed by atoms with Gasteiger partial charge in [-0.1, -0.05) is 24.6 Å². The number of aromatic carboxylic acids is 1. The van der Waals surface area contributed by atoms with Crippen molar-refractivity contribution in [3.8, 4) is 5.75 Å². The Morgan fingerprint density at radius 2 is 1.85 bits per heavy atom. The molecule has 1 aromatic carbocycles. The number of para-hydroxylation sites is 1. The van der Waals surface area contributed by atoms with Gasteiger partial charge in [-0.3, -0.25) is 14.4 Å². The third-order valence-corrected chi connectivity index (χ3v) is 9.64. The third kappa shape index (κ3) is 5.10. The number of allylic oxidation sites excluding steroid dienone is 1. The second-order valence-corrected chi connectivity index (χ2v) is 11.5. The van der Waals surface area contributed by atoms with E-state index in [4.69, 9.17) is 5.11 Å². The fourth-order valence-corrected chi connectivity index (χ4v) is 8.06. The second-order valence-electron chi connectivity index (χ2n) is 11.5. The zero-order valence-corrected chi connectivity index (χ0v) is 22.3. The standard InChI is InChI=1S/C21H28O5.C9H8O4/c1-20-7-6-13(24)8-12(20)2-3-14-15-4-5-16(18(26)10-22)21(15,11-23)9-17(25)19(14)20;1-6(10)13-8-5-3-2-4-7(8)9(11)12/h8,11,14-17,19,22,25H,2-7,9-10H2,1H3;2-5H,1H3,(H,11,12)/t14-,15-,16+,17-,19+,20-,21+;/m0./s1. The first-order valence-electron chi connectivity index (χ1n) is 13.5. The molecule has 7 atom stereocenters. The zero-order valence-electron chi connectivity index (χ0n) is 22.3. The van der Waals surface area contributed by atoms with Crippen molar-refractivity contribution in [2.75, 3.05) is 6.61 Å². The van der Waals surface area contributed by atoms with E-state index >= 15 is 0 Å². The van der Waals surface area contributed by atoms with Gasteiger partial charge < -0.3 is 24.9 Å². The van der Waals surface area contributed by atoms with E-state index in [2.05, 4.69) is 11.7 Å². The summed E-state index contributed by atoms with van der Waals surface area (Å²) in [4.78, 5) is 57.6. The van der Waals surface area contributed by atoms with Crippen LogP contribution in [0.2, 0.25) is 0 Å². The maximum Gasteiger partial charge on any atom is 0.339 e. The molecule has 5 rings (SSSR count). The summed E-state index contributed by atoms with van der Waals surface area (Å²) in [6.07, 6.45) is 6.75. The maximum atomic E-state index is 12.3. The molecule has 9 heteroatoms. The van der Waals surface area contributed by atoms with Crippen LogP contribution in [0.3, 0.4) is 0 Å². The van der Waals surface area contributed by atoms with Gasteiger partial charge in [-0.25, -0.2) is 4.79 Å². The van der Waals surface area contributed by atoms with E-state index in [1.165, 1.54) is 19.1 Å². The SMILES string of the molecule is CC(=O)Oc1ccccc1C(=O)O.C[C@]12CCC(=O)C=C1CC[C@@H]1[C@@H]2[C@@H](O)C[C@]2(C=O)[C@@H](C(=O)CO)CC[C@@H]12. The lowest BCUT2D eigenvalue weighted by atomic mass is 9.45. The summed E-state index contributed by atoms with van der Waals surface area (Å²) < 4.78 is 4.69. The Balaban J connectivity index is 0.000000229. The first-order valence-corrected chi connectivity index (χ1v) is 13.5. The second kappa shape index (κ2) is 11.1. The highest BCUT2D eigenvalue weighted by atomic mass is 16.5. The Hall–Kier alpha value is -3.17. The molecule has 0 bridgehead atoms. The number of aliphatic hydroxyl groups excluding tert-OH is 2. The number of ketones is 2. The Kier molecular flexibility index (Phi) is 8.23. The van der Waals surface area contributed by atoms with E-state index in [0.29, 0.717) is 19.3 Å². The first kappa shape index (κ1) is 28.8. The fourth-order valence-electron chi connectivity index (χ4n) is 8.06. The Morgan fingerprint density at radius 1 is 1.13 bits per heavy atom. The molecule has 0 heterocycles. The number of carbonyl (C=O) groups excluding carboxylic acids is 4. The van der Waals surface area contributed by atoms with Crippen LogP contribution in [0.1, 0.15) is 69.2 Å². The van der Waals surface area contributed by atoms with Crippen molar-refractivity contribution in [3.05, 3.63) is 41.5 Å². The lowest BCUT2D eigenvalue weighted by Gasteiger charge is -2.59. The number of hydrogen-bond acceptors (Lipinski definition) is 8. The number of aldehydes is 1. The van der Waals surface area contributed by atoms with Crippen LogP contribution < -0.4 is 4.74 Å². The third-order valence-electron chi connectivity index (χ3n) is 9.64. The van der Waals surface area contributed by atoms with Crippen LogP contribution in [0.25, 0.3) is 0 Å². The molecule has 0 aliphatic heterocycles. The number of aliphatic hydroxyl groups is 2. The molecule has 39 heavy (non-hydrogen) atoms. The van der Waals surface area contributed by atoms with Gasteiger partial charge in [0.15, 0.2) is 11.6 Å². The number of carbonyl (C=O) groups is 5. The average molecular weight is 541 g/mol. The Morgan fingerprint density at radius 3 is 2.49 bits per heavy atom. The van der Waals surface area contributed by atoms with Crippen molar-refractivity contribution >= 4 is 29.8 Å². The molecule has 210 valence electrons. The van der Waals surface area contributed by atoms with Crippen LogP contribution in [0.15, 0.2) is 35.9 Å². The van der Waals surface area contributed by atoms with Crippen molar-refractivity contribution in [1.29, 1.82) is 0 Å². The predicted molar refractivity (Wildman–Crippen MR) is 139 cm³/mol. The Bertz CT molecular complexity index is 1200. The lowest BCUT2D eigenvalue weighted by Crippen LogP contribution is -2.58. The molecule has 0 spiro atoms. The van der Waals surface area contributed by atoms with Gasteiger partial charge in [0.05, 0.1) is 6.10 Å². The summed E-state index contributed by atoms with van der Waals surface area (Å²) in [6, 6.07) is 5.98. The van der Waals surface area contributed by atoms with Crippen molar-refractivity contribution in [3.63, 3.8) is 0 Å². The van der Waals surface area contributed by atoms with Gasteiger partial charge in [-0.05, 0) is 79.9 Å². The minimum Gasteiger partial charge on any atom is -0.478 e. The zero-order chi connectivity index (χ0) is 28.5. The van der Waals surface area contributed by atoms with E-state index in [0.717, 1.165) is 37.5 Å². The first-order chi connectivity index (χ1) is 18.5. The molecule has 0 saturated heterocycles. The molecule has 3 saturated carbocycles. The van der Waals surface area contributed by atoms with E-state index in [1.54, 1.807) is 18.2 Å². The largest absolute Gasteiger partial charge is 0.478 e. The molecule has 4 aliphatic carbocycles. The van der Waals surface area contributed by atoms with E-state index < -0.39 is 36.0 Å². The molecular formula is C30H36O9. The van der Waals surface area contributed by atoms with Gasteiger partial charge >= 0.3 is 11.9 Å². The fraction of sp³-hybridized carbons (Fsp3) is 0.567. The number of carboxylic acid groups (broad SMARTS) is 1. The minimum atomic E-state index is -1.11. The Labute approximate surface area is 227 Å². The number of benzene rings is 1. The predicted octanol–water partition coefficient (Wildman–Crippen LogP) is 3.16. The molecule has 1 aromatic rings. The summed E-state index contributed by atoms with van der Waals surface area (Å²) in [6.45, 7) is 2.85. The van der Waals surface area contributed by atoms with Crippen LogP contribution in [0, 0.1) is 34.5 Å². The van der Waals surface area contributed by atoms with Gasteiger partial charge in [0, 0.05) is 24.7 Å². The van der Waals surface area contributed by atoms with Crippen LogP contribution in [-0.2, 0) is 19.2 Å². The summed E-state index contributed by atoms with van der Waals surface area (Å²) in [7, 11) is 0. The quantitative estimate of drug-likeness (QED) is 0.290. The summed E-state index contributed by atoms with van der Waals surface area (Å²) >= 11 is 0. The molecule has 9 nitrogen and oxygen atoms in total. The molecule has 0 amide bonds. The molecular weight excluding hydrogens is 504 g/mol. The summed E-state index contributed by atoms with van der Waals surface area (Å²) in [5.74, 6) is -1.82. The molecule has 0 aromatic heterocycles. The molecule has 0 unspecified atom stereocenters. The van der Waals surface area contributed by atoms with Gasteiger partial charge in [0.2, 0.25) is 0 Å². The van der Waals surface area contributed by atoms with E-state index in [9.17, 15) is 34.2 Å². The highest BCUT2D eigenvalue weighted by molar-refractivity contribution is 5.92. The molecule has 3 N–H and O–H groups in total. The maximum absolute atomic E-state index is 12.3. The van der Waals surface area contributed by atoms with E-state index in [1.807, 2.05) is 0 Å². The minimum absolute atomic E-state index is 0.0160. The molecule has 3 fully saturated rings. The number of fused-ring (bicyclic) bond motifs is 5. The average Bonchev–Trinajstić information content (AvgIpc) is 3.28. The van der Waals surface area contributed by atoms with Gasteiger partial charge in [0.25, 0.3) is 0 Å². The summed E-state index contributed by atoms with van der Waals surface area (Å²) in [5, 5.41) is 29.2. The number of rotatable bonds is 5. The van der Waals surface area contributed by atoms with Gasteiger partial charge in [-0.2, -0.15) is 0 Å². The monoisotopic (exact) mass is 540 g/mol. The highest BCUT2D eigenvalue weighted by Gasteiger charge is 2.64. The van der Waals surface area contributed by atoms with Gasteiger partial charge in [-0.15, -0.1) is 0 Å². The molecule has 0 radical (unpaired) electrons. The number of Topliss-reactive ketones (excluding diaryl/α,β-unsaturated/α-hetero) is 1. The van der Waals surface area contributed by atoms with E-state index in [-0.39, 0.29) is 46.0 Å². The number of hydrogen-bond donors (Lipinski definition) is 3. The van der Waals surface area contributed by atoms with Crippen molar-refractivity contribution < 1.29 is 44.0 Å². The summed E-state index contributed by atoms with van der Waals surface area (Å²) in [5.41, 5.74) is 0.124. The molecule has 4 aliphatic rings. The van der Waals surface area contributed by atoms with Crippen molar-refractivity contribution in [2.45, 2.75) is 64.9 Å². The van der Waals surface area contributed by atoms with Crippen LogP contribution in [-0.4, -0.2) is 57.8 Å². The van der Waals surface area contributed by atoms with Crippen molar-refractivity contribution in [1.82, 2.24) is 0 Å². The lowest BCUT2D eigenvalue weighted by molar-refractivity contribution is -0.157. The number of esters is 1. The number of ether oxygens (including phenoxy) is 1. The van der Waals surface area contributed by atoms with Gasteiger partial charge in [0.1, 0.15) is 24.2 Å². The topological polar surface area (TPSA) is 155 Å². The normalized spacial score (nSPS) is 34.7. The van der Waals surface area contributed by atoms with Crippen LogP contribution in [0.4, 0.5) is 0 Å². The number of carboxylic acids is 1. The van der Waals surface area contributed by atoms with Crippen molar-refractivity contribution in [2.24, 2.45) is 34.5 Å². The highest BCUT2D eigenvalue weighted by Crippen LogP contribution is 2.66. The van der Waals surface area contributed by atoms with Crippen LogP contribution in [0.5, 0.6) is 5.75 Å².